The number of fused-ring (bicyclic) bond motifs is 4. The van der Waals surface area contributed by atoms with Gasteiger partial charge in [-0.25, -0.2) is 15.2 Å². The minimum atomic E-state index is -4.69. The summed E-state index contributed by atoms with van der Waals surface area (Å²) in [5.74, 6) is -0.679. The molecular weight excluding hydrogens is 364 g/mol. The quantitative estimate of drug-likeness (QED) is 0.213. The number of rotatable bonds is 7. The Balaban J connectivity index is 1.39. The van der Waals surface area contributed by atoms with E-state index in [4.69, 9.17) is 19.2 Å². The molecule has 14 heteroatoms. The standard InChI is InChI=1S/C11H16N4O9S/c16-8(13-22-2-1-12-9(17)18)11-6-3-5(6)7-4-14(11)10(23-11)15(7)24-25(19,20)21/h5-7,10,12H,1-4H2,(H,13,16)(H,17,18)(H,19,20,21)/t5-,6+,7+,10?,11+/m0/s1. The van der Waals surface area contributed by atoms with Crippen LogP contribution in [-0.2, 0) is 29.1 Å². The normalized spacial score (nSPS) is 38.6. The van der Waals surface area contributed by atoms with Gasteiger partial charge in [0.15, 0.2) is 6.35 Å². The van der Waals surface area contributed by atoms with Crippen molar-refractivity contribution in [3.05, 3.63) is 0 Å². The number of nitrogens with one attached hydrogen (secondary N) is 2. The zero-order valence-corrected chi connectivity index (χ0v) is 13.5. The molecule has 4 fully saturated rings. The summed E-state index contributed by atoms with van der Waals surface area (Å²) in [4.78, 5) is 29.4. The summed E-state index contributed by atoms with van der Waals surface area (Å²) >= 11 is 0. The third-order valence-electron chi connectivity index (χ3n) is 4.89. The molecule has 0 spiro atoms. The Morgan fingerprint density at radius 2 is 2.16 bits per heavy atom. The second-order valence-electron chi connectivity index (χ2n) is 6.24. The molecule has 3 saturated heterocycles. The molecule has 3 heterocycles. The Kier molecular flexibility index (Phi) is 3.70. The maximum Gasteiger partial charge on any atom is 0.413 e. The Labute approximate surface area is 141 Å². The van der Waals surface area contributed by atoms with Crippen molar-refractivity contribution < 1.29 is 41.5 Å². The summed E-state index contributed by atoms with van der Waals surface area (Å²) in [5.41, 5.74) is 0.981. The Bertz CT molecular complexity index is 716. The van der Waals surface area contributed by atoms with E-state index in [-0.39, 0.29) is 31.0 Å². The number of hydrogen-bond acceptors (Lipinski definition) is 9. The van der Waals surface area contributed by atoms with E-state index in [1.165, 1.54) is 0 Å². The van der Waals surface area contributed by atoms with Crippen LogP contribution >= 0.6 is 0 Å². The lowest BCUT2D eigenvalue weighted by molar-refractivity contribution is -0.389. The molecule has 1 saturated carbocycles. The maximum absolute atomic E-state index is 12.5. The molecule has 5 atom stereocenters. The van der Waals surface area contributed by atoms with Crippen molar-refractivity contribution in [1.82, 2.24) is 20.8 Å². The molecular formula is C11H16N4O9S. The zero-order valence-electron chi connectivity index (χ0n) is 12.7. The maximum atomic E-state index is 12.5. The van der Waals surface area contributed by atoms with Crippen molar-refractivity contribution in [3.63, 3.8) is 0 Å². The number of hydrogen-bond donors (Lipinski definition) is 4. The summed E-state index contributed by atoms with van der Waals surface area (Å²) in [6, 6.07) is -0.291. The molecule has 0 aromatic carbocycles. The van der Waals surface area contributed by atoms with Gasteiger partial charge in [0.25, 0.3) is 5.91 Å². The summed E-state index contributed by atoms with van der Waals surface area (Å²) in [6.07, 6.45) is -1.43. The largest absolute Gasteiger partial charge is 0.465 e. The predicted molar refractivity (Wildman–Crippen MR) is 74.3 cm³/mol. The summed E-state index contributed by atoms with van der Waals surface area (Å²) in [7, 11) is -4.69. The number of ether oxygens (including phenoxy) is 1. The van der Waals surface area contributed by atoms with Gasteiger partial charge in [-0.1, -0.05) is 0 Å². The third-order valence-corrected chi connectivity index (χ3v) is 5.25. The minimum Gasteiger partial charge on any atom is -0.465 e. The topological polar surface area (TPSA) is 167 Å². The third kappa shape index (κ3) is 2.57. The van der Waals surface area contributed by atoms with Gasteiger partial charge in [-0.3, -0.25) is 14.2 Å². The highest BCUT2D eigenvalue weighted by Crippen LogP contribution is 2.65. The Hall–Kier alpha value is -1.55. The average Bonchev–Trinajstić information content (AvgIpc) is 3.21. The minimum absolute atomic E-state index is 0.0000846. The monoisotopic (exact) mass is 380 g/mol. The molecule has 140 valence electrons. The van der Waals surface area contributed by atoms with Crippen LogP contribution in [0.15, 0.2) is 0 Å². The lowest BCUT2D eigenvalue weighted by atomic mass is 9.94. The number of piperidine rings is 1. The van der Waals surface area contributed by atoms with E-state index < -0.39 is 34.5 Å². The van der Waals surface area contributed by atoms with Crippen LogP contribution in [0.2, 0.25) is 0 Å². The first-order valence-corrected chi connectivity index (χ1v) is 8.89. The number of carbonyl (C=O) groups excluding carboxylic acids is 1. The van der Waals surface area contributed by atoms with E-state index in [2.05, 4.69) is 15.1 Å². The van der Waals surface area contributed by atoms with Gasteiger partial charge in [0.05, 0.1) is 12.6 Å². The van der Waals surface area contributed by atoms with Crippen LogP contribution in [0.3, 0.4) is 0 Å². The lowest BCUT2D eigenvalue weighted by Gasteiger charge is -2.53. The van der Waals surface area contributed by atoms with Crippen molar-refractivity contribution in [1.29, 1.82) is 0 Å². The second-order valence-corrected chi connectivity index (χ2v) is 7.24. The highest BCUT2D eigenvalue weighted by Gasteiger charge is 2.80. The Morgan fingerprint density at radius 1 is 1.40 bits per heavy atom. The zero-order chi connectivity index (χ0) is 18.0. The first kappa shape index (κ1) is 16.9. The number of amides is 2. The van der Waals surface area contributed by atoms with Crippen LogP contribution in [0.4, 0.5) is 4.79 Å². The van der Waals surface area contributed by atoms with Crippen molar-refractivity contribution >= 4 is 22.4 Å². The highest BCUT2D eigenvalue weighted by atomic mass is 32.3. The molecule has 13 nitrogen and oxygen atoms in total. The summed E-state index contributed by atoms with van der Waals surface area (Å²) in [5, 5.41) is 11.6. The van der Waals surface area contributed by atoms with Gasteiger partial charge >= 0.3 is 16.5 Å². The molecule has 1 unspecified atom stereocenters. The van der Waals surface area contributed by atoms with E-state index in [1.807, 2.05) is 0 Å². The molecule has 4 rings (SSSR count). The molecule has 25 heavy (non-hydrogen) atoms. The first-order valence-electron chi connectivity index (χ1n) is 7.53. The SMILES string of the molecule is O=C(O)NCCONC(=O)[C@@]12OC3N(OS(=O)(=O)O)[C@H](CN31)[C@H]1C[C@H]12. The van der Waals surface area contributed by atoms with Gasteiger partial charge in [-0.2, -0.15) is 12.7 Å². The number of carbonyl (C=O) groups is 2. The van der Waals surface area contributed by atoms with Gasteiger partial charge in [-0.15, -0.1) is 5.06 Å². The van der Waals surface area contributed by atoms with Crippen molar-refractivity contribution in [3.8, 4) is 0 Å². The summed E-state index contributed by atoms with van der Waals surface area (Å²) < 4.78 is 41.1. The lowest BCUT2D eigenvalue weighted by Crippen LogP contribution is -2.75. The van der Waals surface area contributed by atoms with E-state index in [0.717, 1.165) is 5.06 Å². The van der Waals surface area contributed by atoms with E-state index >= 15 is 0 Å². The first-order chi connectivity index (χ1) is 11.7. The summed E-state index contributed by atoms with van der Waals surface area (Å²) in [6.45, 7) is 0.293. The van der Waals surface area contributed by atoms with Crippen molar-refractivity contribution in [2.75, 3.05) is 19.7 Å². The van der Waals surface area contributed by atoms with Gasteiger partial charge in [0.2, 0.25) is 5.72 Å². The average molecular weight is 380 g/mol. The number of carboxylic acid groups (broad SMARTS) is 1. The van der Waals surface area contributed by atoms with Crippen molar-refractivity contribution in [2.45, 2.75) is 24.5 Å². The fourth-order valence-electron chi connectivity index (χ4n) is 3.93. The van der Waals surface area contributed by atoms with Gasteiger partial charge < -0.3 is 15.2 Å². The molecule has 0 aromatic heterocycles. The van der Waals surface area contributed by atoms with E-state index in [9.17, 15) is 18.0 Å². The van der Waals surface area contributed by atoms with E-state index in [1.54, 1.807) is 4.90 Å². The van der Waals surface area contributed by atoms with E-state index in [0.29, 0.717) is 13.0 Å². The molecule has 2 amide bonds. The molecule has 0 radical (unpaired) electrons. The second kappa shape index (κ2) is 5.47. The smallest absolute Gasteiger partial charge is 0.413 e. The molecule has 4 N–H and O–H groups in total. The molecule has 3 aliphatic heterocycles. The number of nitrogens with zero attached hydrogens (tertiary/aromatic N) is 2. The molecule has 4 aliphatic rings. The predicted octanol–water partition coefficient (Wildman–Crippen LogP) is -2.32. The van der Waals surface area contributed by atoms with Crippen LogP contribution in [0.1, 0.15) is 6.42 Å². The Morgan fingerprint density at radius 3 is 2.84 bits per heavy atom. The van der Waals surface area contributed by atoms with Gasteiger partial charge in [0, 0.05) is 19.0 Å². The highest BCUT2D eigenvalue weighted by molar-refractivity contribution is 7.80. The van der Waals surface area contributed by atoms with Crippen molar-refractivity contribution in [2.24, 2.45) is 11.8 Å². The number of hydroxylamine groups is 3. The molecule has 2 bridgehead atoms. The van der Waals surface area contributed by atoms with Crippen LogP contribution in [0.25, 0.3) is 0 Å². The van der Waals surface area contributed by atoms with Crippen LogP contribution < -0.4 is 10.8 Å². The fourth-order valence-corrected chi connectivity index (χ4v) is 4.34. The van der Waals surface area contributed by atoms with Gasteiger partial charge in [-0.05, 0) is 12.3 Å². The van der Waals surface area contributed by atoms with Gasteiger partial charge in [0.1, 0.15) is 0 Å². The van der Waals surface area contributed by atoms with Crippen LogP contribution in [0, 0.1) is 11.8 Å². The fraction of sp³-hybridized carbons (Fsp3) is 0.818. The molecule has 1 aliphatic carbocycles. The van der Waals surface area contributed by atoms with Crippen LogP contribution in [0.5, 0.6) is 0 Å². The molecule has 0 aromatic rings. The van der Waals surface area contributed by atoms with Crippen LogP contribution in [-0.4, -0.2) is 77.9 Å².